The zero-order valence-electron chi connectivity index (χ0n) is 20.6. The summed E-state index contributed by atoms with van der Waals surface area (Å²) in [6.07, 6.45) is 0.914. The van der Waals surface area contributed by atoms with Gasteiger partial charge in [0.05, 0.1) is 0 Å². The van der Waals surface area contributed by atoms with Crippen LogP contribution >= 0.6 is 0 Å². The molecule has 0 spiro atoms. The van der Waals surface area contributed by atoms with Crippen LogP contribution in [0, 0.1) is 0 Å². The molecule has 6 nitrogen and oxygen atoms in total. The summed E-state index contributed by atoms with van der Waals surface area (Å²) >= 11 is 0. The normalized spacial score (nSPS) is 10.4. The van der Waals surface area contributed by atoms with E-state index < -0.39 is 0 Å². The highest BCUT2D eigenvalue weighted by Gasteiger charge is 2.08. The summed E-state index contributed by atoms with van der Waals surface area (Å²) in [7, 11) is 0. The Bertz CT molecular complexity index is 1190. The topological polar surface area (TPSA) is 76.7 Å². The molecule has 0 radical (unpaired) electrons. The highest BCUT2D eigenvalue weighted by atomic mass is 16.5. The van der Waals surface area contributed by atoms with Gasteiger partial charge in [-0.2, -0.15) is 0 Å². The Hall–Kier alpha value is -4.58. The zero-order valence-corrected chi connectivity index (χ0v) is 20.6. The second kappa shape index (κ2) is 13.5. The van der Waals surface area contributed by atoms with Crippen LogP contribution in [-0.2, 0) is 22.8 Å². The summed E-state index contributed by atoms with van der Waals surface area (Å²) in [5.41, 5.74) is 3.46. The fraction of sp³-hybridized carbons (Fsp3) is 0.161. The van der Waals surface area contributed by atoms with Gasteiger partial charge in [0.15, 0.2) is 0 Å². The van der Waals surface area contributed by atoms with Crippen molar-refractivity contribution in [2.75, 3.05) is 10.6 Å². The van der Waals surface area contributed by atoms with E-state index in [4.69, 9.17) is 9.47 Å². The highest BCUT2D eigenvalue weighted by Crippen LogP contribution is 2.20. The molecule has 0 aromatic heterocycles. The first kappa shape index (κ1) is 25.5. The van der Waals surface area contributed by atoms with E-state index in [1.54, 1.807) is 12.1 Å². The molecule has 4 aromatic carbocycles. The van der Waals surface area contributed by atoms with Crippen molar-refractivity contribution in [3.05, 3.63) is 120 Å². The molecule has 0 aliphatic rings. The summed E-state index contributed by atoms with van der Waals surface area (Å²) in [6.45, 7) is 0.908. The van der Waals surface area contributed by atoms with Gasteiger partial charge in [-0.15, -0.1) is 0 Å². The number of amides is 2. The first-order chi connectivity index (χ1) is 18.1. The molecule has 0 bridgehead atoms. The standard InChI is InChI=1S/C31H30N2O4/c34-30(32-26-14-7-16-28(20-26)36-22-24-10-3-1-4-11-24)18-9-19-31(35)33-27-15-8-17-29(21-27)37-23-25-12-5-2-6-13-25/h1-8,10-17,20-21H,9,18-19,22-23H2,(H,32,34)(H,33,35). The van der Waals surface area contributed by atoms with Crippen molar-refractivity contribution in [3.8, 4) is 11.5 Å². The Kier molecular flexibility index (Phi) is 9.30. The van der Waals surface area contributed by atoms with Crippen LogP contribution in [0.2, 0.25) is 0 Å². The van der Waals surface area contributed by atoms with Crippen molar-refractivity contribution in [1.82, 2.24) is 0 Å². The molecule has 0 aliphatic carbocycles. The lowest BCUT2D eigenvalue weighted by Crippen LogP contribution is -2.15. The van der Waals surface area contributed by atoms with E-state index in [9.17, 15) is 9.59 Å². The molecular formula is C31H30N2O4. The summed E-state index contributed by atoms with van der Waals surface area (Å²) < 4.78 is 11.6. The first-order valence-corrected chi connectivity index (χ1v) is 12.3. The maximum atomic E-state index is 12.4. The van der Waals surface area contributed by atoms with E-state index in [1.807, 2.05) is 97.1 Å². The molecule has 2 amide bonds. The molecule has 4 aromatic rings. The van der Waals surface area contributed by atoms with E-state index >= 15 is 0 Å². The summed E-state index contributed by atoms with van der Waals surface area (Å²) in [5.74, 6) is 1.06. The molecule has 37 heavy (non-hydrogen) atoms. The van der Waals surface area contributed by atoms with E-state index in [0.717, 1.165) is 11.1 Å². The van der Waals surface area contributed by atoms with Gasteiger partial charge in [0.2, 0.25) is 11.8 Å². The lowest BCUT2D eigenvalue weighted by Gasteiger charge is -2.10. The van der Waals surface area contributed by atoms with Crippen LogP contribution in [0.15, 0.2) is 109 Å². The van der Waals surface area contributed by atoms with Gasteiger partial charge in [0, 0.05) is 36.3 Å². The molecule has 0 fully saturated rings. The van der Waals surface area contributed by atoms with Crippen molar-refractivity contribution in [2.45, 2.75) is 32.5 Å². The quantitative estimate of drug-likeness (QED) is 0.233. The maximum absolute atomic E-state index is 12.4. The number of benzene rings is 4. The fourth-order valence-corrected chi connectivity index (χ4v) is 3.67. The predicted octanol–water partition coefficient (Wildman–Crippen LogP) is 6.59. The van der Waals surface area contributed by atoms with Crippen LogP contribution in [0.3, 0.4) is 0 Å². The average Bonchev–Trinajstić information content (AvgIpc) is 2.92. The molecule has 0 heterocycles. The molecule has 0 saturated carbocycles. The van der Waals surface area contributed by atoms with Gasteiger partial charge in [-0.25, -0.2) is 0 Å². The second-order valence-corrected chi connectivity index (χ2v) is 8.55. The third-order valence-electron chi connectivity index (χ3n) is 5.54. The summed E-state index contributed by atoms with van der Waals surface area (Å²) in [4.78, 5) is 24.8. The van der Waals surface area contributed by atoms with Gasteiger partial charge >= 0.3 is 0 Å². The van der Waals surface area contributed by atoms with Gasteiger partial charge < -0.3 is 20.1 Å². The maximum Gasteiger partial charge on any atom is 0.224 e. The van der Waals surface area contributed by atoms with Crippen LogP contribution < -0.4 is 20.1 Å². The molecule has 4 rings (SSSR count). The molecule has 0 unspecified atom stereocenters. The van der Waals surface area contributed by atoms with Crippen LogP contribution in [0.25, 0.3) is 0 Å². The summed E-state index contributed by atoms with van der Waals surface area (Å²) in [6, 6.07) is 34.4. The Morgan fingerprint density at radius 1 is 0.541 bits per heavy atom. The number of nitrogens with one attached hydrogen (secondary N) is 2. The van der Waals surface area contributed by atoms with E-state index in [2.05, 4.69) is 10.6 Å². The first-order valence-electron chi connectivity index (χ1n) is 12.3. The number of anilines is 2. The van der Waals surface area contributed by atoms with Gasteiger partial charge in [-0.1, -0.05) is 72.8 Å². The van der Waals surface area contributed by atoms with E-state index in [-0.39, 0.29) is 24.7 Å². The molecular weight excluding hydrogens is 464 g/mol. The molecule has 0 aliphatic heterocycles. The Morgan fingerprint density at radius 2 is 0.973 bits per heavy atom. The molecule has 0 atom stereocenters. The van der Waals surface area contributed by atoms with Gasteiger partial charge in [0.1, 0.15) is 24.7 Å². The zero-order chi connectivity index (χ0) is 25.7. The highest BCUT2D eigenvalue weighted by molar-refractivity contribution is 5.93. The fourth-order valence-electron chi connectivity index (χ4n) is 3.67. The van der Waals surface area contributed by atoms with Crippen LogP contribution in [-0.4, -0.2) is 11.8 Å². The number of hydrogen-bond donors (Lipinski definition) is 2. The van der Waals surface area contributed by atoms with Crippen molar-refractivity contribution < 1.29 is 19.1 Å². The summed E-state index contributed by atoms with van der Waals surface area (Å²) in [5, 5.41) is 5.74. The van der Waals surface area contributed by atoms with Gasteiger partial charge in [0.25, 0.3) is 0 Å². The number of hydrogen-bond acceptors (Lipinski definition) is 4. The smallest absolute Gasteiger partial charge is 0.224 e. The van der Waals surface area contributed by atoms with Crippen molar-refractivity contribution in [1.29, 1.82) is 0 Å². The minimum atomic E-state index is -0.149. The monoisotopic (exact) mass is 494 g/mol. The number of rotatable bonds is 12. The molecule has 2 N–H and O–H groups in total. The number of carbonyl (C=O) groups excluding carboxylic acids is 2. The lowest BCUT2D eigenvalue weighted by atomic mass is 10.2. The minimum Gasteiger partial charge on any atom is -0.489 e. The van der Waals surface area contributed by atoms with Crippen LogP contribution in [0.4, 0.5) is 11.4 Å². The third-order valence-corrected chi connectivity index (χ3v) is 5.54. The van der Waals surface area contributed by atoms with Crippen molar-refractivity contribution in [3.63, 3.8) is 0 Å². The average molecular weight is 495 g/mol. The molecule has 188 valence electrons. The number of ether oxygens (including phenoxy) is 2. The van der Waals surface area contributed by atoms with Gasteiger partial charge in [-0.05, 0) is 41.8 Å². The molecule has 6 heteroatoms. The minimum absolute atomic E-state index is 0.149. The number of carbonyl (C=O) groups is 2. The Morgan fingerprint density at radius 3 is 1.41 bits per heavy atom. The van der Waals surface area contributed by atoms with Crippen molar-refractivity contribution in [2.24, 2.45) is 0 Å². The van der Waals surface area contributed by atoms with Crippen molar-refractivity contribution >= 4 is 23.2 Å². The second-order valence-electron chi connectivity index (χ2n) is 8.55. The largest absolute Gasteiger partial charge is 0.489 e. The predicted molar refractivity (Wildman–Crippen MR) is 146 cm³/mol. The van der Waals surface area contributed by atoms with Crippen LogP contribution in [0.1, 0.15) is 30.4 Å². The third kappa shape index (κ3) is 8.85. The Labute approximate surface area is 217 Å². The van der Waals surface area contributed by atoms with Gasteiger partial charge in [-0.3, -0.25) is 9.59 Å². The molecule has 0 saturated heterocycles. The van der Waals surface area contributed by atoms with Crippen LogP contribution in [0.5, 0.6) is 11.5 Å². The van der Waals surface area contributed by atoms with E-state index in [0.29, 0.717) is 42.5 Å². The van der Waals surface area contributed by atoms with E-state index in [1.165, 1.54) is 0 Å². The lowest BCUT2D eigenvalue weighted by molar-refractivity contribution is -0.117. The Balaban J connectivity index is 1.17. The SMILES string of the molecule is O=C(CCCC(=O)Nc1cccc(OCc2ccccc2)c1)Nc1cccc(OCc2ccccc2)c1.